The van der Waals surface area contributed by atoms with Crippen LogP contribution >= 0.6 is 0 Å². The van der Waals surface area contributed by atoms with E-state index in [2.05, 4.69) is 0 Å². The molecule has 0 fully saturated rings. The Labute approximate surface area is 239 Å². The maximum atomic E-state index is 12.7. The minimum atomic E-state index is -4.44. The van der Waals surface area contributed by atoms with Crippen LogP contribution in [0, 0.1) is 0 Å². The van der Waals surface area contributed by atoms with Crippen molar-refractivity contribution >= 4 is 0 Å². The van der Waals surface area contributed by atoms with Gasteiger partial charge in [0.05, 0.1) is 17.8 Å². The van der Waals surface area contributed by atoms with Crippen molar-refractivity contribution in [1.29, 1.82) is 0 Å². The number of ether oxygens (including phenoxy) is 2. The summed E-state index contributed by atoms with van der Waals surface area (Å²) in [4.78, 5) is 0. The molecule has 4 aromatic carbocycles. The minimum Gasteiger partial charge on any atom is -0.489 e. The first-order chi connectivity index (χ1) is 20.0. The fraction of sp³-hybridized carbons (Fsp3) is 0.250. The van der Waals surface area contributed by atoms with Crippen LogP contribution in [0.5, 0.6) is 11.5 Å². The molecule has 0 unspecified atom stereocenters. The molecule has 0 aliphatic heterocycles. The summed E-state index contributed by atoms with van der Waals surface area (Å²) >= 11 is 0. The number of hydrogen-bond donors (Lipinski definition) is 1. The second-order valence-electron chi connectivity index (χ2n) is 9.10. The maximum absolute atomic E-state index is 12.7. The fourth-order valence-electron chi connectivity index (χ4n) is 3.88. The first-order valence-corrected chi connectivity index (χ1v) is 12.9. The largest absolute Gasteiger partial charge is 0.489 e. The Balaban J connectivity index is 0.000000230. The molecule has 0 heterocycles. The summed E-state index contributed by atoms with van der Waals surface area (Å²) in [6.45, 7) is -0.470. The molecule has 1 N–H and O–H groups in total. The van der Waals surface area contributed by atoms with E-state index in [9.17, 15) is 30.7 Å². The summed E-state index contributed by atoms with van der Waals surface area (Å²) in [7, 11) is 0. The number of benzene rings is 4. The van der Waals surface area contributed by atoms with Gasteiger partial charge in [0.25, 0.3) is 0 Å². The van der Waals surface area contributed by atoms with Gasteiger partial charge in [-0.05, 0) is 65.1 Å². The van der Waals surface area contributed by atoms with Crippen molar-refractivity contribution in [3.63, 3.8) is 0 Å². The lowest BCUT2D eigenvalue weighted by Crippen LogP contribution is -2.07. The molecule has 0 saturated heterocycles. The molecule has 0 amide bonds. The Morgan fingerprint density at radius 1 is 0.548 bits per heavy atom. The lowest BCUT2D eigenvalue weighted by Gasteiger charge is -2.14. The number of alkyl halides is 7. The standard InChI is InChI=1S/C16H14F4O.C16H15F3O2/c17-9-8-13-10-14(16(18,19)20)6-7-15(13)21-11-12-4-2-1-3-5-12;17-16(18,19)14-6-7-15(13(10-14)8-9-20)21-11-12-4-2-1-3-5-12/h1-7,10H,8-9,11H2;1-7,10,20H,8-9,11H2. The Bertz CT molecular complexity index is 1270. The van der Waals surface area contributed by atoms with Crippen LogP contribution in [0.1, 0.15) is 33.4 Å². The highest BCUT2D eigenvalue weighted by Crippen LogP contribution is 2.34. The second kappa shape index (κ2) is 15.3. The monoisotopic (exact) mass is 594 g/mol. The fourth-order valence-corrected chi connectivity index (χ4v) is 3.88. The number of aliphatic hydroxyl groups excluding tert-OH is 1. The summed E-state index contributed by atoms with van der Waals surface area (Å²) < 4.78 is 99.6. The van der Waals surface area contributed by atoms with Gasteiger partial charge in [0.2, 0.25) is 0 Å². The molecular formula is C32H29F7O3. The van der Waals surface area contributed by atoms with Crippen LogP contribution in [0.4, 0.5) is 30.7 Å². The average molecular weight is 595 g/mol. The van der Waals surface area contributed by atoms with Gasteiger partial charge in [-0.3, -0.25) is 4.39 Å². The number of hydrogen-bond acceptors (Lipinski definition) is 3. The van der Waals surface area contributed by atoms with Gasteiger partial charge in [0, 0.05) is 13.0 Å². The lowest BCUT2D eigenvalue weighted by molar-refractivity contribution is -0.138. The van der Waals surface area contributed by atoms with Crippen LogP contribution in [-0.2, 0) is 38.4 Å². The molecular weight excluding hydrogens is 565 g/mol. The van der Waals surface area contributed by atoms with E-state index in [0.29, 0.717) is 11.3 Å². The van der Waals surface area contributed by atoms with Gasteiger partial charge in [0.1, 0.15) is 24.7 Å². The van der Waals surface area contributed by atoms with Gasteiger partial charge in [-0.25, -0.2) is 0 Å². The second-order valence-corrected chi connectivity index (χ2v) is 9.10. The molecule has 10 heteroatoms. The maximum Gasteiger partial charge on any atom is 0.416 e. The predicted octanol–water partition coefficient (Wildman–Crippen LogP) is 8.62. The highest BCUT2D eigenvalue weighted by Gasteiger charge is 2.32. The Morgan fingerprint density at radius 2 is 0.952 bits per heavy atom. The van der Waals surface area contributed by atoms with Crippen molar-refractivity contribution in [2.24, 2.45) is 0 Å². The van der Waals surface area contributed by atoms with Gasteiger partial charge < -0.3 is 14.6 Å². The molecule has 42 heavy (non-hydrogen) atoms. The molecule has 0 atom stereocenters. The Hall–Kier alpha value is -4.05. The number of halogens is 7. The summed E-state index contributed by atoms with van der Waals surface area (Å²) in [5.74, 6) is 0.644. The smallest absolute Gasteiger partial charge is 0.416 e. The molecule has 224 valence electrons. The van der Waals surface area contributed by atoms with Gasteiger partial charge >= 0.3 is 12.4 Å². The Kier molecular flexibility index (Phi) is 11.8. The average Bonchev–Trinajstić information content (AvgIpc) is 2.96. The molecule has 4 aromatic rings. The lowest BCUT2D eigenvalue weighted by atomic mass is 10.1. The first kappa shape index (κ1) is 32.5. The van der Waals surface area contributed by atoms with Crippen molar-refractivity contribution in [3.05, 3.63) is 130 Å². The van der Waals surface area contributed by atoms with E-state index >= 15 is 0 Å². The number of aliphatic hydroxyl groups is 1. The first-order valence-electron chi connectivity index (χ1n) is 12.9. The predicted molar refractivity (Wildman–Crippen MR) is 145 cm³/mol. The third-order valence-corrected chi connectivity index (χ3v) is 5.99. The van der Waals surface area contributed by atoms with Crippen molar-refractivity contribution in [2.45, 2.75) is 38.4 Å². The Morgan fingerprint density at radius 3 is 1.31 bits per heavy atom. The highest BCUT2D eigenvalue weighted by molar-refractivity contribution is 5.40. The van der Waals surface area contributed by atoms with Gasteiger partial charge in [-0.2, -0.15) is 26.3 Å². The van der Waals surface area contributed by atoms with Crippen molar-refractivity contribution in [1.82, 2.24) is 0 Å². The molecule has 3 nitrogen and oxygen atoms in total. The van der Waals surface area contributed by atoms with Crippen molar-refractivity contribution in [3.8, 4) is 11.5 Å². The van der Waals surface area contributed by atoms with Crippen LogP contribution < -0.4 is 9.47 Å². The van der Waals surface area contributed by atoms with E-state index in [-0.39, 0.29) is 44.0 Å². The van der Waals surface area contributed by atoms with Crippen LogP contribution in [-0.4, -0.2) is 18.4 Å². The topological polar surface area (TPSA) is 38.7 Å². The molecule has 0 aromatic heterocycles. The van der Waals surface area contributed by atoms with Gasteiger partial charge in [-0.15, -0.1) is 0 Å². The molecule has 4 rings (SSSR count). The normalized spacial score (nSPS) is 11.4. The van der Waals surface area contributed by atoms with E-state index in [1.54, 1.807) is 0 Å². The van der Waals surface area contributed by atoms with Crippen molar-refractivity contribution < 1.29 is 45.3 Å². The molecule has 0 aliphatic carbocycles. The van der Waals surface area contributed by atoms with E-state index in [1.807, 2.05) is 60.7 Å². The third kappa shape index (κ3) is 10.1. The van der Waals surface area contributed by atoms with Crippen LogP contribution in [0.2, 0.25) is 0 Å². The third-order valence-electron chi connectivity index (χ3n) is 5.99. The summed E-state index contributed by atoms with van der Waals surface area (Å²) in [5, 5.41) is 8.99. The minimum absolute atomic E-state index is 0.103. The molecule has 0 bridgehead atoms. The summed E-state index contributed by atoms with van der Waals surface area (Å²) in [6, 6.07) is 25.0. The number of aryl methyl sites for hydroxylation is 1. The summed E-state index contributed by atoms with van der Waals surface area (Å²) in [5.41, 5.74) is 0.860. The molecule has 0 saturated carbocycles. The van der Waals surface area contributed by atoms with Gasteiger partial charge in [0.15, 0.2) is 0 Å². The van der Waals surface area contributed by atoms with Crippen LogP contribution in [0.25, 0.3) is 0 Å². The zero-order valence-corrected chi connectivity index (χ0v) is 22.4. The van der Waals surface area contributed by atoms with Gasteiger partial charge in [-0.1, -0.05) is 60.7 Å². The van der Waals surface area contributed by atoms with Crippen LogP contribution in [0.3, 0.4) is 0 Å². The quantitative estimate of drug-likeness (QED) is 0.187. The zero-order chi connectivity index (χ0) is 30.6. The summed E-state index contributed by atoms with van der Waals surface area (Å²) in [6.07, 6.45) is -8.83. The molecule has 0 spiro atoms. The van der Waals surface area contributed by atoms with Crippen molar-refractivity contribution in [2.75, 3.05) is 13.3 Å². The number of rotatable bonds is 10. The van der Waals surface area contributed by atoms with E-state index in [1.165, 1.54) is 12.1 Å². The van der Waals surface area contributed by atoms with Crippen LogP contribution in [0.15, 0.2) is 97.1 Å². The highest BCUT2D eigenvalue weighted by atomic mass is 19.4. The van der Waals surface area contributed by atoms with E-state index in [0.717, 1.165) is 35.4 Å². The van der Waals surface area contributed by atoms with E-state index < -0.39 is 30.2 Å². The van der Waals surface area contributed by atoms with E-state index in [4.69, 9.17) is 14.6 Å². The molecule has 0 radical (unpaired) electrons. The molecule has 0 aliphatic rings. The zero-order valence-electron chi connectivity index (χ0n) is 22.4. The SMILES string of the molecule is FCCc1cc(C(F)(F)F)ccc1OCc1ccccc1.OCCc1cc(C(F)(F)F)ccc1OCc1ccccc1.